The molecule has 1 saturated heterocycles. The van der Waals surface area contributed by atoms with Crippen LogP contribution < -0.4 is 10.2 Å². The van der Waals surface area contributed by atoms with Gasteiger partial charge in [-0.05, 0) is 64.1 Å². The van der Waals surface area contributed by atoms with Crippen molar-refractivity contribution in [1.29, 1.82) is 0 Å². The first kappa shape index (κ1) is 19.7. The van der Waals surface area contributed by atoms with E-state index >= 15 is 0 Å². The fraction of sp³-hybridized carbons (Fsp3) is 0.320. The molecule has 1 fully saturated rings. The molecule has 6 heteroatoms. The molecule has 31 heavy (non-hydrogen) atoms. The highest BCUT2D eigenvalue weighted by Crippen LogP contribution is 2.33. The van der Waals surface area contributed by atoms with Crippen molar-refractivity contribution in [3.05, 3.63) is 66.0 Å². The highest BCUT2D eigenvalue weighted by Gasteiger charge is 2.24. The van der Waals surface area contributed by atoms with Crippen LogP contribution in [0.1, 0.15) is 25.0 Å². The molecular formula is C25H28N6. The van der Waals surface area contributed by atoms with Gasteiger partial charge >= 0.3 is 0 Å². The Kier molecular flexibility index (Phi) is 4.94. The molecule has 0 spiro atoms. The number of hydrogen-bond acceptors (Lipinski definition) is 5. The number of aromatic nitrogens is 4. The zero-order valence-corrected chi connectivity index (χ0v) is 18.5. The Labute approximate surface area is 183 Å². The highest BCUT2D eigenvalue weighted by molar-refractivity contribution is 5.82. The normalized spacial score (nSPS) is 19.2. The number of anilines is 1. The largest absolute Gasteiger partial charge is 0.352 e. The van der Waals surface area contributed by atoms with Gasteiger partial charge in [0.15, 0.2) is 5.65 Å². The van der Waals surface area contributed by atoms with E-state index in [1.807, 2.05) is 29.0 Å². The summed E-state index contributed by atoms with van der Waals surface area (Å²) in [6.45, 7) is 10.6. The number of piperazine rings is 1. The lowest BCUT2D eigenvalue weighted by Gasteiger charge is -2.36. The second kappa shape index (κ2) is 7.78. The van der Waals surface area contributed by atoms with Crippen LogP contribution in [-0.4, -0.2) is 44.8 Å². The van der Waals surface area contributed by atoms with E-state index in [1.165, 1.54) is 11.1 Å². The fourth-order valence-corrected chi connectivity index (χ4v) is 4.69. The molecule has 0 bridgehead atoms. The second-order valence-corrected chi connectivity index (χ2v) is 8.76. The van der Waals surface area contributed by atoms with E-state index in [1.54, 1.807) is 0 Å². The Morgan fingerprint density at radius 1 is 0.871 bits per heavy atom. The standard InChI is InChI=1S/C25H28N6/c1-16-11-17(2)13-21(12-16)24-25(20-7-9-26-10-8-20)31-22(28-24)5-6-23(29-31)30-14-18(3)27-19(4)15-30/h5-13,18-19,27H,14-15H2,1-4H3. The SMILES string of the molecule is Cc1cc(C)cc(-c2nc3ccc(N4CC(C)NC(C)C4)nn3c2-c2ccncc2)c1. The molecule has 2 atom stereocenters. The number of benzene rings is 1. The first-order valence-corrected chi connectivity index (χ1v) is 10.9. The van der Waals surface area contributed by atoms with Gasteiger partial charge in [0.2, 0.25) is 0 Å². The van der Waals surface area contributed by atoms with Crippen LogP contribution in [0.5, 0.6) is 0 Å². The van der Waals surface area contributed by atoms with Gasteiger partial charge < -0.3 is 10.2 Å². The summed E-state index contributed by atoms with van der Waals surface area (Å²) in [7, 11) is 0. The smallest absolute Gasteiger partial charge is 0.155 e. The summed E-state index contributed by atoms with van der Waals surface area (Å²) in [5.41, 5.74) is 7.42. The van der Waals surface area contributed by atoms with Gasteiger partial charge in [0.1, 0.15) is 11.5 Å². The number of imidazole rings is 1. The van der Waals surface area contributed by atoms with Crippen LogP contribution in [0.2, 0.25) is 0 Å². The van der Waals surface area contributed by atoms with Gasteiger partial charge in [-0.1, -0.05) is 17.2 Å². The molecule has 1 N–H and O–H groups in total. The molecule has 5 rings (SSSR count). The predicted octanol–water partition coefficient (Wildman–Crippen LogP) is 4.26. The summed E-state index contributed by atoms with van der Waals surface area (Å²) in [6, 6.07) is 15.7. The monoisotopic (exact) mass is 412 g/mol. The van der Waals surface area contributed by atoms with Crippen molar-refractivity contribution in [3.63, 3.8) is 0 Å². The molecule has 4 heterocycles. The summed E-state index contributed by atoms with van der Waals surface area (Å²) in [4.78, 5) is 11.6. The van der Waals surface area contributed by atoms with Gasteiger partial charge in [-0.25, -0.2) is 9.50 Å². The van der Waals surface area contributed by atoms with Crippen molar-refractivity contribution in [3.8, 4) is 22.5 Å². The van der Waals surface area contributed by atoms with Crippen LogP contribution in [0.4, 0.5) is 5.82 Å². The van der Waals surface area contributed by atoms with E-state index < -0.39 is 0 Å². The molecule has 0 aliphatic carbocycles. The lowest BCUT2D eigenvalue weighted by Crippen LogP contribution is -2.54. The van der Waals surface area contributed by atoms with Crippen molar-refractivity contribution < 1.29 is 0 Å². The minimum absolute atomic E-state index is 0.425. The number of aryl methyl sites for hydroxylation is 2. The van der Waals surface area contributed by atoms with Crippen LogP contribution in [-0.2, 0) is 0 Å². The van der Waals surface area contributed by atoms with Crippen LogP contribution in [0.15, 0.2) is 54.9 Å². The average molecular weight is 413 g/mol. The number of nitrogens with zero attached hydrogens (tertiary/aromatic N) is 5. The lowest BCUT2D eigenvalue weighted by molar-refractivity contribution is 0.404. The van der Waals surface area contributed by atoms with Gasteiger partial charge in [-0.3, -0.25) is 4.98 Å². The molecular weight excluding hydrogens is 384 g/mol. The molecule has 4 aromatic rings. The number of nitrogens with one attached hydrogen (secondary N) is 1. The maximum Gasteiger partial charge on any atom is 0.155 e. The topological polar surface area (TPSA) is 58.4 Å². The van der Waals surface area contributed by atoms with Crippen molar-refractivity contribution in [2.45, 2.75) is 39.8 Å². The zero-order chi connectivity index (χ0) is 21.5. The first-order chi connectivity index (χ1) is 15.0. The van der Waals surface area contributed by atoms with Gasteiger partial charge in [0.25, 0.3) is 0 Å². The maximum atomic E-state index is 5.07. The minimum atomic E-state index is 0.425. The summed E-state index contributed by atoms with van der Waals surface area (Å²) in [6.07, 6.45) is 3.65. The van der Waals surface area contributed by atoms with Gasteiger partial charge in [-0.2, -0.15) is 0 Å². The molecule has 1 aliphatic rings. The number of hydrogen-bond donors (Lipinski definition) is 1. The maximum absolute atomic E-state index is 5.07. The molecule has 6 nitrogen and oxygen atoms in total. The van der Waals surface area contributed by atoms with Crippen molar-refractivity contribution >= 4 is 11.5 Å². The van der Waals surface area contributed by atoms with E-state index in [4.69, 9.17) is 10.1 Å². The molecule has 158 valence electrons. The Morgan fingerprint density at radius 3 is 2.23 bits per heavy atom. The van der Waals surface area contributed by atoms with E-state index in [0.29, 0.717) is 12.1 Å². The molecule has 1 aromatic carbocycles. The van der Waals surface area contributed by atoms with Crippen LogP contribution in [0.25, 0.3) is 28.2 Å². The third-order valence-electron chi connectivity index (χ3n) is 5.79. The Hall–Kier alpha value is -3.25. The zero-order valence-electron chi connectivity index (χ0n) is 18.5. The third-order valence-corrected chi connectivity index (χ3v) is 5.79. The molecule has 3 aromatic heterocycles. The second-order valence-electron chi connectivity index (χ2n) is 8.76. The van der Waals surface area contributed by atoms with E-state index in [0.717, 1.165) is 47.1 Å². The van der Waals surface area contributed by atoms with Crippen LogP contribution >= 0.6 is 0 Å². The van der Waals surface area contributed by atoms with E-state index in [9.17, 15) is 0 Å². The lowest BCUT2D eigenvalue weighted by atomic mass is 10.0. The summed E-state index contributed by atoms with van der Waals surface area (Å²) in [5.74, 6) is 0.979. The van der Waals surface area contributed by atoms with Crippen LogP contribution in [0.3, 0.4) is 0 Å². The Balaban J connectivity index is 1.71. The first-order valence-electron chi connectivity index (χ1n) is 10.9. The number of fused-ring (bicyclic) bond motifs is 1. The number of pyridine rings is 1. The van der Waals surface area contributed by atoms with Crippen molar-refractivity contribution in [2.24, 2.45) is 0 Å². The van der Waals surface area contributed by atoms with E-state index in [2.05, 4.69) is 73.2 Å². The molecule has 1 aliphatic heterocycles. The highest BCUT2D eigenvalue weighted by atomic mass is 15.4. The van der Waals surface area contributed by atoms with Crippen LogP contribution in [0, 0.1) is 13.8 Å². The fourth-order valence-electron chi connectivity index (χ4n) is 4.69. The average Bonchev–Trinajstić information content (AvgIpc) is 3.12. The molecule has 2 unspecified atom stereocenters. The Morgan fingerprint density at radius 2 is 1.55 bits per heavy atom. The predicted molar refractivity (Wildman–Crippen MR) is 125 cm³/mol. The van der Waals surface area contributed by atoms with E-state index in [-0.39, 0.29) is 0 Å². The Bertz CT molecular complexity index is 1200. The minimum Gasteiger partial charge on any atom is -0.352 e. The number of rotatable bonds is 3. The molecule has 0 saturated carbocycles. The third kappa shape index (κ3) is 3.79. The summed E-state index contributed by atoms with van der Waals surface area (Å²) >= 11 is 0. The summed E-state index contributed by atoms with van der Waals surface area (Å²) < 4.78 is 2.00. The van der Waals surface area contributed by atoms with Gasteiger partial charge in [0, 0.05) is 48.7 Å². The summed E-state index contributed by atoms with van der Waals surface area (Å²) in [5, 5.41) is 8.66. The quantitative estimate of drug-likeness (QED) is 0.545. The van der Waals surface area contributed by atoms with Crippen molar-refractivity contribution in [1.82, 2.24) is 24.9 Å². The van der Waals surface area contributed by atoms with Gasteiger partial charge in [0.05, 0.1) is 5.69 Å². The van der Waals surface area contributed by atoms with Crippen molar-refractivity contribution in [2.75, 3.05) is 18.0 Å². The molecule has 0 radical (unpaired) electrons. The van der Waals surface area contributed by atoms with Gasteiger partial charge in [-0.15, -0.1) is 5.10 Å². The molecule has 0 amide bonds.